The van der Waals surface area contributed by atoms with Gasteiger partial charge in [-0.2, -0.15) is 0 Å². The Balaban J connectivity index is 2.16. The third-order valence-corrected chi connectivity index (χ3v) is 2.76. The van der Waals surface area contributed by atoms with E-state index in [0.717, 1.165) is 23.3 Å². The quantitative estimate of drug-likeness (QED) is 0.896. The average molecular weight is 242 g/mol. The zero-order chi connectivity index (χ0) is 13.0. The lowest BCUT2D eigenvalue weighted by Gasteiger charge is -2.09. The molecule has 0 bridgehead atoms. The second kappa shape index (κ2) is 5.65. The first-order chi connectivity index (χ1) is 8.69. The maximum Gasteiger partial charge on any atom is 0.222 e. The summed E-state index contributed by atoms with van der Waals surface area (Å²) >= 11 is 0. The standard InChI is InChI=1S/C15H18N2O/c1-11-3-5-14(6-4-11)18-15-12(2)9-13(7-8-16)10-17-15/h3-6,9-10H,7-8,16H2,1-2H3. The van der Waals surface area contributed by atoms with Gasteiger partial charge in [-0.15, -0.1) is 0 Å². The molecule has 0 saturated heterocycles. The molecule has 0 aliphatic rings. The fourth-order valence-electron chi connectivity index (χ4n) is 1.75. The summed E-state index contributed by atoms with van der Waals surface area (Å²) in [7, 11) is 0. The minimum Gasteiger partial charge on any atom is -0.439 e. The Kier molecular flexibility index (Phi) is 3.95. The zero-order valence-corrected chi connectivity index (χ0v) is 10.8. The minimum atomic E-state index is 0.638. The number of aromatic nitrogens is 1. The van der Waals surface area contributed by atoms with Crippen molar-refractivity contribution >= 4 is 0 Å². The highest BCUT2D eigenvalue weighted by molar-refractivity contribution is 5.34. The lowest BCUT2D eigenvalue weighted by Crippen LogP contribution is -2.03. The molecule has 2 aromatic rings. The number of benzene rings is 1. The van der Waals surface area contributed by atoms with Gasteiger partial charge in [-0.3, -0.25) is 0 Å². The molecule has 1 heterocycles. The van der Waals surface area contributed by atoms with Gasteiger partial charge in [0.15, 0.2) is 0 Å². The van der Waals surface area contributed by atoms with E-state index in [4.69, 9.17) is 10.5 Å². The summed E-state index contributed by atoms with van der Waals surface area (Å²) in [6.07, 6.45) is 2.67. The Hall–Kier alpha value is -1.87. The van der Waals surface area contributed by atoms with Crippen molar-refractivity contribution in [3.8, 4) is 11.6 Å². The maximum absolute atomic E-state index is 5.75. The molecule has 3 nitrogen and oxygen atoms in total. The van der Waals surface area contributed by atoms with Gasteiger partial charge in [0.1, 0.15) is 5.75 Å². The average Bonchev–Trinajstić information content (AvgIpc) is 2.36. The molecule has 2 rings (SSSR count). The van der Waals surface area contributed by atoms with Crippen LogP contribution in [0.2, 0.25) is 0 Å². The van der Waals surface area contributed by atoms with Crippen molar-refractivity contribution in [2.45, 2.75) is 20.3 Å². The molecule has 0 fully saturated rings. The number of rotatable bonds is 4. The summed E-state index contributed by atoms with van der Waals surface area (Å²) in [5.74, 6) is 1.46. The van der Waals surface area contributed by atoms with Crippen LogP contribution in [0, 0.1) is 13.8 Å². The fourth-order valence-corrected chi connectivity index (χ4v) is 1.75. The summed E-state index contributed by atoms with van der Waals surface area (Å²) in [6, 6.07) is 10.0. The van der Waals surface area contributed by atoms with Crippen LogP contribution >= 0.6 is 0 Å². The van der Waals surface area contributed by atoms with E-state index in [9.17, 15) is 0 Å². The minimum absolute atomic E-state index is 0.638. The molecular formula is C15H18N2O. The van der Waals surface area contributed by atoms with E-state index < -0.39 is 0 Å². The number of hydrogen-bond acceptors (Lipinski definition) is 3. The van der Waals surface area contributed by atoms with Gasteiger partial charge in [-0.05, 0) is 50.6 Å². The van der Waals surface area contributed by atoms with Crippen molar-refractivity contribution in [3.05, 3.63) is 53.2 Å². The van der Waals surface area contributed by atoms with Crippen LogP contribution in [-0.4, -0.2) is 11.5 Å². The molecule has 1 aromatic heterocycles. The Morgan fingerprint density at radius 2 is 1.89 bits per heavy atom. The molecule has 0 radical (unpaired) electrons. The molecule has 94 valence electrons. The van der Waals surface area contributed by atoms with Gasteiger partial charge in [0.2, 0.25) is 5.88 Å². The van der Waals surface area contributed by atoms with Gasteiger partial charge >= 0.3 is 0 Å². The van der Waals surface area contributed by atoms with E-state index in [1.165, 1.54) is 5.56 Å². The largest absolute Gasteiger partial charge is 0.439 e. The van der Waals surface area contributed by atoms with Crippen LogP contribution in [0.15, 0.2) is 36.5 Å². The molecule has 0 atom stereocenters. The molecule has 2 N–H and O–H groups in total. The number of aryl methyl sites for hydroxylation is 2. The fraction of sp³-hybridized carbons (Fsp3) is 0.267. The van der Waals surface area contributed by atoms with Crippen molar-refractivity contribution in [1.29, 1.82) is 0 Å². The molecule has 0 saturated carbocycles. The molecule has 3 heteroatoms. The van der Waals surface area contributed by atoms with Gasteiger partial charge in [0, 0.05) is 11.8 Å². The molecular weight excluding hydrogens is 224 g/mol. The predicted molar refractivity (Wildman–Crippen MR) is 73.0 cm³/mol. The van der Waals surface area contributed by atoms with Crippen LogP contribution in [0.1, 0.15) is 16.7 Å². The summed E-state index contributed by atoms with van der Waals surface area (Å²) < 4.78 is 5.75. The topological polar surface area (TPSA) is 48.1 Å². The summed E-state index contributed by atoms with van der Waals surface area (Å²) in [5.41, 5.74) is 8.91. The van der Waals surface area contributed by atoms with Crippen LogP contribution < -0.4 is 10.5 Å². The molecule has 0 amide bonds. The Bertz CT molecular complexity index is 521. The van der Waals surface area contributed by atoms with Crippen LogP contribution in [0.25, 0.3) is 0 Å². The Morgan fingerprint density at radius 3 is 2.50 bits per heavy atom. The normalized spacial score (nSPS) is 10.4. The first-order valence-corrected chi connectivity index (χ1v) is 6.09. The van der Waals surface area contributed by atoms with Gasteiger partial charge in [0.25, 0.3) is 0 Å². The van der Waals surface area contributed by atoms with Gasteiger partial charge in [-0.25, -0.2) is 4.98 Å². The lowest BCUT2D eigenvalue weighted by atomic mass is 10.1. The molecule has 0 spiro atoms. The number of nitrogens with zero attached hydrogens (tertiary/aromatic N) is 1. The third kappa shape index (κ3) is 3.08. The number of pyridine rings is 1. The second-order valence-electron chi connectivity index (χ2n) is 4.42. The van der Waals surface area contributed by atoms with E-state index in [1.807, 2.05) is 37.4 Å². The van der Waals surface area contributed by atoms with Gasteiger partial charge < -0.3 is 10.5 Å². The molecule has 0 unspecified atom stereocenters. The van der Waals surface area contributed by atoms with E-state index in [0.29, 0.717) is 12.4 Å². The number of hydrogen-bond donors (Lipinski definition) is 1. The first kappa shape index (κ1) is 12.6. The molecule has 0 aliphatic heterocycles. The van der Waals surface area contributed by atoms with Crippen LogP contribution in [0.5, 0.6) is 11.6 Å². The smallest absolute Gasteiger partial charge is 0.222 e. The summed E-state index contributed by atoms with van der Waals surface area (Å²) in [6.45, 7) is 4.69. The Labute approximate surface area is 108 Å². The van der Waals surface area contributed by atoms with Crippen LogP contribution in [0.3, 0.4) is 0 Å². The third-order valence-electron chi connectivity index (χ3n) is 2.76. The van der Waals surface area contributed by atoms with E-state index in [-0.39, 0.29) is 0 Å². The predicted octanol–water partition coefficient (Wildman–Crippen LogP) is 2.99. The molecule has 1 aromatic carbocycles. The lowest BCUT2D eigenvalue weighted by molar-refractivity contribution is 0.458. The molecule has 18 heavy (non-hydrogen) atoms. The summed E-state index contributed by atoms with van der Waals surface area (Å²) in [5, 5.41) is 0. The van der Waals surface area contributed by atoms with E-state index >= 15 is 0 Å². The monoisotopic (exact) mass is 242 g/mol. The van der Waals surface area contributed by atoms with Crippen molar-refractivity contribution in [2.75, 3.05) is 6.54 Å². The Morgan fingerprint density at radius 1 is 1.17 bits per heavy atom. The maximum atomic E-state index is 5.75. The number of ether oxygens (including phenoxy) is 1. The SMILES string of the molecule is Cc1ccc(Oc2ncc(CCN)cc2C)cc1. The van der Waals surface area contributed by atoms with Crippen molar-refractivity contribution in [2.24, 2.45) is 5.73 Å². The summed E-state index contributed by atoms with van der Waals surface area (Å²) in [4.78, 5) is 4.34. The zero-order valence-electron chi connectivity index (χ0n) is 10.8. The van der Waals surface area contributed by atoms with Crippen molar-refractivity contribution in [1.82, 2.24) is 4.98 Å². The van der Waals surface area contributed by atoms with Gasteiger partial charge in [0.05, 0.1) is 0 Å². The van der Waals surface area contributed by atoms with Crippen LogP contribution in [0.4, 0.5) is 0 Å². The second-order valence-corrected chi connectivity index (χ2v) is 4.42. The van der Waals surface area contributed by atoms with Crippen molar-refractivity contribution in [3.63, 3.8) is 0 Å². The number of nitrogens with two attached hydrogens (primary N) is 1. The van der Waals surface area contributed by atoms with E-state index in [2.05, 4.69) is 18.0 Å². The van der Waals surface area contributed by atoms with Crippen LogP contribution in [-0.2, 0) is 6.42 Å². The highest BCUT2D eigenvalue weighted by atomic mass is 16.5. The highest BCUT2D eigenvalue weighted by Crippen LogP contribution is 2.23. The van der Waals surface area contributed by atoms with Gasteiger partial charge in [-0.1, -0.05) is 17.7 Å². The highest BCUT2D eigenvalue weighted by Gasteiger charge is 2.04. The molecule has 0 aliphatic carbocycles. The van der Waals surface area contributed by atoms with Crippen molar-refractivity contribution < 1.29 is 4.74 Å². The first-order valence-electron chi connectivity index (χ1n) is 6.09. The van der Waals surface area contributed by atoms with E-state index in [1.54, 1.807) is 0 Å².